The van der Waals surface area contributed by atoms with Crippen LogP contribution in [0, 0.1) is 5.92 Å². The topological polar surface area (TPSA) is 114 Å². The molecule has 2 amide bonds. The quantitative estimate of drug-likeness (QED) is 0.335. The van der Waals surface area contributed by atoms with E-state index in [1.807, 2.05) is 28.8 Å². The number of benzene rings is 1. The maximum absolute atomic E-state index is 10.7. The lowest BCUT2D eigenvalue weighted by Crippen LogP contribution is -2.17. The first-order chi connectivity index (χ1) is 14.7. The standard InChI is InChI=1S/C22H26N6O2/c23-22-21-19(16-5-7-18(8-6-16)26-14-30)11-20(28(21)27-12-25-22)17(9-10-24-13-29)4-3-15-1-2-15/h5-8,11-15,17H,1-4,9-10H2,(H,24,29)(H,26,30)(H2,23,25,27). The number of carbonyl (C=O) groups excluding carboxylic acids is 2. The predicted molar refractivity (Wildman–Crippen MR) is 116 cm³/mol. The van der Waals surface area contributed by atoms with E-state index in [9.17, 15) is 9.59 Å². The van der Waals surface area contributed by atoms with Crippen molar-refractivity contribution in [3.05, 3.63) is 42.4 Å². The first-order valence-corrected chi connectivity index (χ1v) is 10.3. The van der Waals surface area contributed by atoms with Gasteiger partial charge >= 0.3 is 0 Å². The highest BCUT2D eigenvalue weighted by Gasteiger charge is 2.26. The molecule has 2 heterocycles. The molecule has 1 saturated carbocycles. The SMILES string of the molecule is Nc1ncnn2c(C(CCNC=O)CCC3CC3)cc(-c3ccc(NC=O)cc3)c12. The number of carbonyl (C=O) groups is 2. The largest absolute Gasteiger partial charge is 0.382 e. The van der Waals surface area contributed by atoms with Crippen LogP contribution in [0.1, 0.15) is 43.7 Å². The van der Waals surface area contributed by atoms with Gasteiger partial charge in [-0.2, -0.15) is 5.10 Å². The number of nitrogen functional groups attached to an aromatic ring is 1. The molecule has 4 rings (SSSR count). The zero-order chi connectivity index (χ0) is 20.9. The summed E-state index contributed by atoms with van der Waals surface area (Å²) in [5.74, 6) is 1.51. The Bertz CT molecular complexity index is 1030. The van der Waals surface area contributed by atoms with E-state index in [0.29, 0.717) is 18.8 Å². The molecular weight excluding hydrogens is 380 g/mol. The minimum atomic E-state index is 0.254. The molecule has 1 aromatic carbocycles. The summed E-state index contributed by atoms with van der Waals surface area (Å²) in [6.45, 7) is 0.619. The zero-order valence-electron chi connectivity index (χ0n) is 16.8. The maximum Gasteiger partial charge on any atom is 0.211 e. The van der Waals surface area contributed by atoms with Gasteiger partial charge in [0.2, 0.25) is 12.8 Å². The van der Waals surface area contributed by atoms with Gasteiger partial charge in [-0.05, 0) is 48.9 Å². The molecule has 0 spiro atoms. The molecule has 156 valence electrons. The molecule has 1 aliphatic carbocycles. The molecule has 0 saturated heterocycles. The summed E-state index contributed by atoms with van der Waals surface area (Å²) in [5, 5.41) is 9.94. The number of nitrogens with zero attached hydrogens (tertiary/aromatic N) is 3. The molecule has 2 aromatic heterocycles. The predicted octanol–water partition coefficient (Wildman–Crippen LogP) is 2.96. The van der Waals surface area contributed by atoms with E-state index in [1.54, 1.807) is 0 Å². The molecule has 0 radical (unpaired) electrons. The first-order valence-electron chi connectivity index (χ1n) is 10.3. The summed E-state index contributed by atoms with van der Waals surface area (Å²) in [4.78, 5) is 25.6. The number of nitrogens with one attached hydrogen (secondary N) is 2. The molecular formula is C22H26N6O2. The van der Waals surface area contributed by atoms with Crippen LogP contribution in [-0.2, 0) is 9.59 Å². The van der Waals surface area contributed by atoms with E-state index in [0.717, 1.165) is 53.2 Å². The lowest BCUT2D eigenvalue weighted by Gasteiger charge is -2.16. The number of anilines is 2. The van der Waals surface area contributed by atoms with Crippen molar-refractivity contribution in [2.24, 2.45) is 5.92 Å². The van der Waals surface area contributed by atoms with Gasteiger partial charge in [-0.15, -0.1) is 0 Å². The van der Waals surface area contributed by atoms with E-state index >= 15 is 0 Å². The second-order valence-corrected chi connectivity index (χ2v) is 7.81. The Morgan fingerprint density at radius 3 is 2.67 bits per heavy atom. The van der Waals surface area contributed by atoms with Crippen LogP contribution in [0.15, 0.2) is 36.7 Å². The maximum atomic E-state index is 10.7. The molecule has 8 heteroatoms. The Morgan fingerprint density at radius 2 is 1.97 bits per heavy atom. The summed E-state index contributed by atoms with van der Waals surface area (Å²) in [7, 11) is 0. The number of hydrogen-bond acceptors (Lipinski definition) is 5. The van der Waals surface area contributed by atoms with Crippen LogP contribution in [-0.4, -0.2) is 34.0 Å². The monoisotopic (exact) mass is 406 g/mol. The molecule has 8 nitrogen and oxygen atoms in total. The molecule has 3 aromatic rings. The Hall–Kier alpha value is -3.42. The Labute approximate surface area is 174 Å². The first kappa shape index (κ1) is 19.9. The third kappa shape index (κ3) is 4.27. The van der Waals surface area contributed by atoms with Crippen molar-refractivity contribution in [2.75, 3.05) is 17.6 Å². The summed E-state index contributed by atoms with van der Waals surface area (Å²) < 4.78 is 1.90. The Balaban J connectivity index is 1.73. The van der Waals surface area contributed by atoms with Gasteiger partial charge < -0.3 is 16.4 Å². The zero-order valence-corrected chi connectivity index (χ0v) is 16.8. The fourth-order valence-corrected chi connectivity index (χ4v) is 4.02. The van der Waals surface area contributed by atoms with Gasteiger partial charge in [0.1, 0.15) is 11.8 Å². The highest BCUT2D eigenvalue weighted by Crippen LogP contribution is 2.40. The number of amides is 2. The molecule has 4 N–H and O–H groups in total. The summed E-state index contributed by atoms with van der Waals surface area (Å²) in [5.41, 5.74) is 10.8. The van der Waals surface area contributed by atoms with E-state index < -0.39 is 0 Å². The Kier molecular flexibility index (Phi) is 5.92. The highest BCUT2D eigenvalue weighted by molar-refractivity contribution is 5.89. The average Bonchev–Trinajstić information content (AvgIpc) is 3.50. The molecule has 1 fully saturated rings. The average molecular weight is 406 g/mol. The van der Waals surface area contributed by atoms with Crippen molar-refractivity contribution in [1.29, 1.82) is 0 Å². The summed E-state index contributed by atoms with van der Waals surface area (Å²) in [6, 6.07) is 9.74. The van der Waals surface area contributed by atoms with Crippen molar-refractivity contribution < 1.29 is 9.59 Å². The van der Waals surface area contributed by atoms with Gasteiger partial charge in [0.05, 0.1) is 0 Å². The minimum absolute atomic E-state index is 0.254. The highest BCUT2D eigenvalue weighted by atomic mass is 16.1. The van der Waals surface area contributed by atoms with Gasteiger partial charge in [0.15, 0.2) is 5.82 Å². The molecule has 1 aliphatic rings. The van der Waals surface area contributed by atoms with E-state index in [1.165, 1.54) is 25.6 Å². The summed E-state index contributed by atoms with van der Waals surface area (Å²) in [6.07, 6.45) is 8.58. The lowest BCUT2D eigenvalue weighted by molar-refractivity contribution is -0.109. The number of aromatic nitrogens is 3. The third-order valence-corrected chi connectivity index (χ3v) is 5.79. The van der Waals surface area contributed by atoms with E-state index in [-0.39, 0.29) is 5.92 Å². The van der Waals surface area contributed by atoms with Gasteiger partial charge in [-0.1, -0.05) is 25.0 Å². The second-order valence-electron chi connectivity index (χ2n) is 7.81. The fraction of sp³-hybridized carbons (Fsp3) is 0.364. The van der Waals surface area contributed by atoms with Gasteiger partial charge in [-0.3, -0.25) is 9.59 Å². The second kappa shape index (κ2) is 8.94. The van der Waals surface area contributed by atoms with Crippen LogP contribution in [0.5, 0.6) is 0 Å². The molecule has 30 heavy (non-hydrogen) atoms. The fourth-order valence-electron chi connectivity index (χ4n) is 4.02. The van der Waals surface area contributed by atoms with Crippen molar-refractivity contribution in [1.82, 2.24) is 19.9 Å². The van der Waals surface area contributed by atoms with Gasteiger partial charge in [0.25, 0.3) is 0 Å². The molecule has 1 atom stereocenters. The number of rotatable bonds is 11. The van der Waals surface area contributed by atoms with Crippen LogP contribution < -0.4 is 16.4 Å². The van der Waals surface area contributed by atoms with Gasteiger partial charge in [0, 0.05) is 29.4 Å². The van der Waals surface area contributed by atoms with Crippen LogP contribution in [0.3, 0.4) is 0 Å². The van der Waals surface area contributed by atoms with Crippen LogP contribution in [0.4, 0.5) is 11.5 Å². The van der Waals surface area contributed by atoms with Crippen molar-refractivity contribution in [3.63, 3.8) is 0 Å². The molecule has 0 bridgehead atoms. The van der Waals surface area contributed by atoms with Gasteiger partial charge in [-0.25, -0.2) is 9.50 Å². The van der Waals surface area contributed by atoms with Crippen molar-refractivity contribution in [2.45, 2.75) is 38.0 Å². The number of hydrogen-bond donors (Lipinski definition) is 3. The Morgan fingerprint density at radius 1 is 1.17 bits per heavy atom. The normalized spacial score (nSPS) is 14.4. The lowest BCUT2D eigenvalue weighted by atomic mass is 9.93. The molecule has 0 aliphatic heterocycles. The molecule has 1 unspecified atom stereocenters. The number of fused-ring (bicyclic) bond motifs is 1. The van der Waals surface area contributed by atoms with Crippen LogP contribution >= 0.6 is 0 Å². The summed E-state index contributed by atoms with van der Waals surface area (Å²) >= 11 is 0. The number of nitrogens with two attached hydrogens (primary N) is 1. The van der Waals surface area contributed by atoms with Crippen LogP contribution in [0.25, 0.3) is 16.6 Å². The van der Waals surface area contributed by atoms with Crippen molar-refractivity contribution in [3.8, 4) is 11.1 Å². The van der Waals surface area contributed by atoms with Crippen molar-refractivity contribution >= 4 is 29.8 Å². The third-order valence-electron chi connectivity index (χ3n) is 5.79. The smallest absolute Gasteiger partial charge is 0.211 e. The van der Waals surface area contributed by atoms with E-state index in [2.05, 4.69) is 26.8 Å². The minimum Gasteiger partial charge on any atom is -0.382 e. The van der Waals surface area contributed by atoms with E-state index in [4.69, 9.17) is 5.73 Å². The van der Waals surface area contributed by atoms with Crippen LogP contribution in [0.2, 0.25) is 0 Å².